The number of benzene rings is 1. The molecule has 0 unspecified atom stereocenters. The molecule has 94 valence electrons. The Kier molecular flexibility index (Phi) is 3.82. The molecule has 4 heteroatoms. The van der Waals surface area contributed by atoms with Gasteiger partial charge in [-0.05, 0) is 31.0 Å². The van der Waals surface area contributed by atoms with Crippen LogP contribution in [-0.2, 0) is 6.54 Å². The number of rotatable bonds is 4. The van der Waals surface area contributed by atoms with Gasteiger partial charge in [0.05, 0.1) is 11.8 Å². The van der Waals surface area contributed by atoms with Gasteiger partial charge in [-0.1, -0.05) is 24.6 Å². The molecule has 1 aromatic carbocycles. The number of nitrogens with zero attached hydrogens (tertiary/aromatic N) is 2. The summed E-state index contributed by atoms with van der Waals surface area (Å²) < 4.78 is 1.78. The lowest BCUT2D eigenvalue weighted by molar-refractivity contribution is 0.103. The monoisotopic (exact) mass is 262 g/mol. The molecule has 0 saturated carbocycles. The van der Waals surface area contributed by atoms with Crippen LogP contribution in [0.3, 0.4) is 0 Å². The lowest BCUT2D eigenvalue weighted by Crippen LogP contribution is -2.03. The first-order valence-corrected chi connectivity index (χ1v) is 6.33. The lowest BCUT2D eigenvalue weighted by atomic mass is 10.0. The van der Waals surface area contributed by atoms with E-state index in [0.29, 0.717) is 16.1 Å². The van der Waals surface area contributed by atoms with Crippen LogP contribution in [0, 0.1) is 6.92 Å². The predicted molar refractivity (Wildman–Crippen MR) is 72.1 cm³/mol. The highest BCUT2D eigenvalue weighted by Crippen LogP contribution is 2.18. The largest absolute Gasteiger partial charge is 0.288 e. The van der Waals surface area contributed by atoms with E-state index in [2.05, 4.69) is 12.0 Å². The lowest BCUT2D eigenvalue weighted by Gasteiger charge is -2.03. The molecule has 1 heterocycles. The van der Waals surface area contributed by atoms with Crippen molar-refractivity contribution in [3.05, 3.63) is 52.3 Å². The fourth-order valence-electron chi connectivity index (χ4n) is 1.83. The zero-order valence-corrected chi connectivity index (χ0v) is 11.2. The molecule has 3 nitrogen and oxygen atoms in total. The Morgan fingerprint density at radius 3 is 2.94 bits per heavy atom. The number of aryl methyl sites for hydroxylation is 2. The van der Waals surface area contributed by atoms with Crippen LogP contribution in [0.4, 0.5) is 0 Å². The molecule has 0 spiro atoms. The van der Waals surface area contributed by atoms with Gasteiger partial charge in [0.25, 0.3) is 0 Å². The third-order valence-electron chi connectivity index (χ3n) is 2.79. The number of carbonyl (C=O) groups excluding carboxylic acids is 1. The van der Waals surface area contributed by atoms with E-state index in [1.807, 2.05) is 13.0 Å². The van der Waals surface area contributed by atoms with Gasteiger partial charge in [0, 0.05) is 23.3 Å². The van der Waals surface area contributed by atoms with Gasteiger partial charge >= 0.3 is 0 Å². The maximum Gasteiger partial charge on any atom is 0.196 e. The van der Waals surface area contributed by atoms with E-state index >= 15 is 0 Å². The highest BCUT2D eigenvalue weighted by molar-refractivity contribution is 6.31. The molecule has 1 aromatic heterocycles. The molecule has 2 aromatic rings. The number of hydrogen-bond acceptors (Lipinski definition) is 2. The molecule has 0 aliphatic carbocycles. The van der Waals surface area contributed by atoms with Gasteiger partial charge in [-0.25, -0.2) is 0 Å². The summed E-state index contributed by atoms with van der Waals surface area (Å²) in [6, 6.07) is 5.34. The van der Waals surface area contributed by atoms with Crippen LogP contribution in [0.15, 0.2) is 30.6 Å². The second-order valence-electron chi connectivity index (χ2n) is 4.28. The SMILES string of the molecule is CCCn1cc(C(=O)c2cc(Cl)ccc2C)cn1. The Labute approximate surface area is 111 Å². The van der Waals surface area contributed by atoms with Crippen LogP contribution in [0.1, 0.15) is 34.8 Å². The van der Waals surface area contributed by atoms with Gasteiger partial charge < -0.3 is 0 Å². The maximum atomic E-state index is 12.3. The van der Waals surface area contributed by atoms with Crippen molar-refractivity contribution in [2.75, 3.05) is 0 Å². The molecule has 0 atom stereocenters. The van der Waals surface area contributed by atoms with Crippen LogP contribution in [0.5, 0.6) is 0 Å². The van der Waals surface area contributed by atoms with Crippen molar-refractivity contribution < 1.29 is 4.79 Å². The van der Waals surface area contributed by atoms with Crippen molar-refractivity contribution in [2.45, 2.75) is 26.8 Å². The second kappa shape index (κ2) is 5.36. The summed E-state index contributed by atoms with van der Waals surface area (Å²) in [5.41, 5.74) is 2.17. The molecule has 2 rings (SSSR count). The van der Waals surface area contributed by atoms with E-state index in [1.54, 1.807) is 29.2 Å². The van der Waals surface area contributed by atoms with Crippen molar-refractivity contribution in [1.29, 1.82) is 0 Å². The quantitative estimate of drug-likeness (QED) is 0.791. The smallest absolute Gasteiger partial charge is 0.196 e. The van der Waals surface area contributed by atoms with Crippen molar-refractivity contribution >= 4 is 17.4 Å². The summed E-state index contributed by atoms with van der Waals surface area (Å²) in [6.45, 7) is 4.80. The number of hydrogen-bond donors (Lipinski definition) is 0. The summed E-state index contributed by atoms with van der Waals surface area (Å²) in [5.74, 6) is -0.0302. The van der Waals surface area contributed by atoms with E-state index in [9.17, 15) is 4.79 Å². The molecule has 18 heavy (non-hydrogen) atoms. The van der Waals surface area contributed by atoms with E-state index in [4.69, 9.17) is 11.6 Å². The van der Waals surface area contributed by atoms with Crippen molar-refractivity contribution in [2.24, 2.45) is 0 Å². The van der Waals surface area contributed by atoms with Gasteiger partial charge in [-0.15, -0.1) is 0 Å². The molecule has 0 amide bonds. The minimum absolute atomic E-state index is 0.0302. The van der Waals surface area contributed by atoms with Crippen LogP contribution in [0.25, 0.3) is 0 Å². The second-order valence-corrected chi connectivity index (χ2v) is 4.72. The van der Waals surface area contributed by atoms with Gasteiger partial charge in [0.2, 0.25) is 0 Å². The molecule has 0 aliphatic heterocycles. The zero-order chi connectivity index (χ0) is 13.1. The Bertz CT molecular complexity index is 575. The molecular formula is C14H15ClN2O. The fourth-order valence-corrected chi connectivity index (χ4v) is 2.00. The highest BCUT2D eigenvalue weighted by Gasteiger charge is 2.14. The summed E-state index contributed by atoms with van der Waals surface area (Å²) in [7, 11) is 0. The van der Waals surface area contributed by atoms with Gasteiger partial charge in [0.1, 0.15) is 0 Å². The third-order valence-corrected chi connectivity index (χ3v) is 3.03. The van der Waals surface area contributed by atoms with Gasteiger partial charge in [-0.2, -0.15) is 5.10 Å². The van der Waals surface area contributed by atoms with E-state index < -0.39 is 0 Å². The minimum atomic E-state index is -0.0302. The van der Waals surface area contributed by atoms with Crippen molar-refractivity contribution in [3.63, 3.8) is 0 Å². The number of carbonyl (C=O) groups is 1. The Morgan fingerprint density at radius 2 is 2.22 bits per heavy atom. The molecule has 0 fully saturated rings. The van der Waals surface area contributed by atoms with E-state index in [-0.39, 0.29) is 5.78 Å². The number of halogens is 1. The Hall–Kier alpha value is -1.61. The first-order valence-electron chi connectivity index (χ1n) is 5.95. The fraction of sp³-hybridized carbons (Fsp3) is 0.286. The van der Waals surface area contributed by atoms with Crippen LogP contribution in [0.2, 0.25) is 5.02 Å². The average molecular weight is 263 g/mol. The summed E-state index contributed by atoms with van der Waals surface area (Å²) in [6.07, 6.45) is 4.38. The normalized spacial score (nSPS) is 10.6. The van der Waals surface area contributed by atoms with Crippen LogP contribution in [-0.4, -0.2) is 15.6 Å². The van der Waals surface area contributed by atoms with Crippen molar-refractivity contribution in [3.8, 4) is 0 Å². The summed E-state index contributed by atoms with van der Waals surface area (Å²) >= 11 is 5.93. The van der Waals surface area contributed by atoms with E-state index in [1.165, 1.54) is 0 Å². The molecular weight excluding hydrogens is 248 g/mol. The van der Waals surface area contributed by atoms with Crippen LogP contribution < -0.4 is 0 Å². The standard InChI is InChI=1S/C14H15ClN2O/c1-3-6-17-9-11(8-16-17)14(18)13-7-12(15)5-4-10(13)2/h4-5,7-9H,3,6H2,1-2H3. The predicted octanol–water partition coefficient (Wildman–Crippen LogP) is 3.49. The highest BCUT2D eigenvalue weighted by atomic mass is 35.5. The minimum Gasteiger partial charge on any atom is -0.288 e. The number of aromatic nitrogens is 2. The first kappa shape index (κ1) is 12.8. The molecule has 0 radical (unpaired) electrons. The molecule has 0 aliphatic rings. The first-order chi connectivity index (χ1) is 8.61. The van der Waals surface area contributed by atoms with E-state index in [0.717, 1.165) is 18.5 Å². The topological polar surface area (TPSA) is 34.9 Å². The number of ketones is 1. The van der Waals surface area contributed by atoms with Crippen LogP contribution >= 0.6 is 11.6 Å². The Balaban J connectivity index is 2.32. The summed E-state index contributed by atoms with van der Waals surface area (Å²) in [5, 5.41) is 4.74. The summed E-state index contributed by atoms with van der Waals surface area (Å²) in [4.78, 5) is 12.3. The molecule has 0 N–H and O–H groups in total. The molecule has 0 saturated heterocycles. The maximum absolute atomic E-state index is 12.3. The van der Waals surface area contributed by atoms with Gasteiger partial charge in [-0.3, -0.25) is 9.48 Å². The average Bonchev–Trinajstić information content (AvgIpc) is 2.80. The third kappa shape index (κ3) is 2.62. The zero-order valence-electron chi connectivity index (χ0n) is 10.5. The molecule has 0 bridgehead atoms. The Morgan fingerprint density at radius 1 is 1.44 bits per heavy atom. The van der Waals surface area contributed by atoms with Gasteiger partial charge in [0.15, 0.2) is 5.78 Å². The van der Waals surface area contributed by atoms with Crippen molar-refractivity contribution in [1.82, 2.24) is 9.78 Å².